The van der Waals surface area contributed by atoms with Crippen molar-refractivity contribution in [1.82, 2.24) is 20.4 Å². The van der Waals surface area contributed by atoms with Crippen LogP contribution in [0.2, 0.25) is 0 Å². The average Bonchev–Trinajstić information content (AvgIpc) is 3.16. The second kappa shape index (κ2) is 28.1. The number of carbonyl (C=O) groups is 3. The Balaban J connectivity index is 0.000000479. The number of amides is 5. The fourth-order valence-electron chi connectivity index (χ4n) is 7.27. The summed E-state index contributed by atoms with van der Waals surface area (Å²) in [6.45, 7) is 13.2. The van der Waals surface area contributed by atoms with Crippen molar-refractivity contribution < 1.29 is 70.8 Å². The number of likely N-dealkylation sites (tertiary alicyclic amines) is 1. The first kappa shape index (κ1) is 47.6. The number of primary amides is 1. The number of piperidine rings is 1. The van der Waals surface area contributed by atoms with Gasteiger partial charge in [-0.3, -0.25) is 9.59 Å². The van der Waals surface area contributed by atoms with E-state index in [1.54, 1.807) is 18.4 Å². The van der Waals surface area contributed by atoms with Crippen LogP contribution in [0.1, 0.15) is 105 Å². The molecule has 0 aromatic carbocycles. The molecule has 293 valence electrons. The van der Waals surface area contributed by atoms with Crippen LogP contribution in [0.5, 0.6) is 0 Å². The smallest absolute Gasteiger partial charge is 0.312 e. The van der Waals surface area contributed by atoms with Gasteiger partial charge < -0.3 is 49.9 Å². The van der Waals surface area contributed by atoms with Crippen LogP contribution in [0.15, 0.2) is 0 Å². The standard InChI is InChI=1S/C19H33N2O4.C16H29N3O4.C2H6.Y/c1-15(25-13-16-7-4-3-5-8-16)18(20-14-22)19(23)21-10-6-9-17(11-21)12-24-2;1-12(23-11-13-5-3-2-4-6-13)14(18-16(17)21)15(20)19-7-9-22-10-8-19;1-2;/h15-18H,3-13H2,1-2H3,(H,20,22);12-14H,2-11H2,1H3,(H3,17,18,21);1-2H3;/q-1;;;. The van der Waals surface area contributed by atoms with Crippen LogP contribution in [0.3, 0.4) is 0 Å². The zero-order valence-corrected chi connectivity index (χ0v) is 35.0. The van der Waals surface area contributed by atoms with Crippen LogP contribution in [0.25, 0.3) is 0 Å². The van der Waals surface area contributed by atoms with E-state index in [2.05, 4.69) is 10.6 Å². The third-order valence-electron chi connectivity index (χ3n) is 10.2. The van der Waals surface area contributed by atoms with Crippen LogP contribution >= 0.6 is 0 Å². The predicted molar refractivity (Wildman–Crippen MR) is 193 cm³/mol. The molecule has 5 unspecified atom stereocenters. The summed E-state index contributed by atoms with van der Waals surface area (Å²) in [5.41, 5.74) is 5.24. The minimum Gasteiger partial charge on any atom is -0.520 e. The summed E-state index contributed by atoms with van der Waals surface area (Å²) in [5.74, 6) is 1.28. The molecule has 2 aliphatic carbocycles. The number of nitrogens with zero attached hydrogens (tertiary/aromatic N) is 2. The quantitative estimate of drug-likeness (QED) is 0.167. The van der Waals surface area contributed by atoms with Gasteiger partial charge in [0.1, 0.15) is 12.1 Å². The number of urea groups is 1. The molecule has 2 heterocycles. The van der Waals surface area contributed by atoms with E-state index in [4.69, 9.17) is 24.7 Å². The average molecular weight is 800 g/mol. The number of ether oxygens (including phenoxy) is 4. The van der Waals surface area contributed by atoms with Crippen molar-refractivity contribution in [3.8, 4) is 0 Å². The third kappa shape index (κ3) is 18.0. The first-order valence-electron chi connectivity index (χ1n) is 19.3. The molecule has 14 heteroatoms. The zero-order valence-electron chi connectivity index (χ0n) is 32.2. The van der Waals surface area contributed by atoms with E-state index in [-0.39, 0.29) is 50.6 Å². The molecule has 2 saturated carbocycles. The van der Waals surface area contributed by atoms with Gasteiger partial charge in [-0.1, -0.05) is 52.4 Å². The van der Waals surface area contributed by atoms with Crippen molar-refractivity contribution in [2.24, 2.45) is 23.5 Å². The van der Waals surface area contributed by atoms with E-state index in [1.807, 2.05) is 32.6 Å². The number of hydrogen-bond acceptors (Lipinski definition) is 8. The number of nitrogens with two attached hydrogens (primary N) is 1. The number of morpholine rings is 1. The fraction of sp³-hybridized carbons (Fsp3) is 0.892. The molecule has 4 N–H and O–H groups in total. The SMILES string of the molecule is CC.CC(OCC1CCCCC1)C(NC(N)=O)C(=O)N1CCOCC1.COCC1CCCN(C(=O)C(N[C-]=O)C(C)OCC2CCCCC2)C1.[Y]. The van der Waals surface area contributed by atoms with Crippen LogP contribution in [-0.2, 0) is 66.0 Å². The third-order valence-corrected chi connectivity index (χ3v) is 10.2. The van der Waals surface area contributed by atoms with Gasteiger partial charge in [-0.25, -0.2) is 4.79 Å². The van der Waals surface area contributed by atoms with E-state index in [0.29, 0.717) is 70.4 Å². The van der Waals surface area contributed by atoms with Crippen LogP contribution in [0.4, 0.5) is 4.79 Å². The number of carbonyl (C=O) groups excluding carboxylic acids is 4. The summed E-state index contributed by atoms with van der Waals surface area (Å²) < 4.78 is 22.4. The Morgan fingerprint density at radius 1 is 0.745 bits per heavy atom. The number of methoxy groups -OCH3 is 1. The van der Waals surface area contributed by atoms with E-state index in [9.17, 15) is 19.2 Å². The summed E-state index contributed by atoms with van der Waals surface area (Å²) in [7, 11) is 1.69. The molecule has 0 aromatic heterocycles. The molecule has 1 radical (unpaired) electrons. The molecule has 5 amide bonds. The van der Waals surface area contributed by atoms with Gasteiger partial charge in [0.05, 0.1) is 32.0 Å². The Labute approximate surface area is 332 Å². The van der Waals surface area contributed by atoms with Gasteiger partial charge in [-0.05, 0) is 70.1 Å². The van der Waals surface area contributed by atoms with E-state index >= 15 is 0 Å². The monoisotopic (exact) mass is 799 g/mol. The Hall–Kier alpha value is -1.38. The van der Waals surface area contributed by atoms with Crippen LogP contribution < -0.4 is 16.4 Å². The van der Waals surface area contributed by atoms with Gasteiger partial charge in [0, 0.05) is 79.2 Å². The van der Waals surface area contributed by atoms with Gasteiger partial charge in [0.25, 0.3) is 0 Å². The normalized spacial score (nSPS) is 22.3. The first-order valence-corrected chi connectivity index (χ1v) is 19.3. The largest absolute Gasteiger partial charge is 0.520 e. The maximum atomic E-state index is 12.9. The van der Waals surface area contributed by atoms with Crippen LogP contribution in [-0.4, -0.2) is 125 Å². The molecule has 4 rings (SSSR count). The van der Waals surface area contributed by atoms with Gasteiger partial charge >= 0.3 is 6.03 Å². The van der Waals surface area contributed by atoms with E-state index < -0.39 is 24.2 Å². The summed E-state index contributed by atoms with van der Waals surface area (Å²) >= 11 is 0. The molecule has 4 aliphatic rings. The Morgan fingerprint density at radius 2 is 1.24 bits per heavy atom. The molecular weight excluding hydrogens is 731 g/mol. The van der Waals surface area contributed by atoms with Crippen molar-refractivity contribution >= 4 is 24.3 Å². The summed E-state index contributed by atoms with van der Waals surface area (Å²) in [6, 6.07) is -2.11. The van der Waals surface area contributed by atoms with Crippen molar-refractivity contribution in [1.29, 1.82) is 0 Å². The molecule has 0 bridgehead atoms. The van der Waals surface area contributed by atoms with Gasteiger partial charge in [0.2, 0.25) is 11.8 Å². The maximum Gasteiger partial charge on any atom is 0.312 e. The summed E-state index contributed by atoms with van der Waals surface area (Å²) in [4.78, 5) is 51.2. The molecule has 13 nitrogen and oxygen atoms in total. The Kier molecular flexibility index (Phi) is 26.3. The predicted octanol–water partition coefficient (Wildman–Crippen LogP) is 3.77. The zero-order chi connectivity index (χ0) is 36.7. The second-order valence-electron chi connectivity index (χ2n) is 14.0. The number of rotatable bonds is 15. The fourth-order valence-corrected chi connectivity index (χ4v) is 7.27. The van der Waals surface area contributed by atoms with Crippen LogP contribution in [0, 0.1) is 17.8 Å². The van der Waals surface area contributed by atoms with Gasteiger partial charge in [0.15, 0.2) is 0 Å². The molecule has 0 spiro atoms. The van der Waals surface area contributed by atoms with Crippen molar-refractivity contribution in [3.05, 3.63) is 0 Å². The van der Waals surface area contributed by atoms with Gasteiger partial charge in [-0.2, -0.15) is 6.41 Å². The Morgan fingerprint density at radius 3 is 1.73 bits per heavy atom. The molecule has 0 aromatic rings. The molecular formula is C37H68N5O8Y-. The maximum absolute atomic E-state index is 12.9. The van der Waals surface area contributed by atoms with E-state index in [1.165, 1.54) is 64.2 Å². The Bertz CT molecular complexity index is 961. The van der Waals surface area contributed by atoms with E-state index in [0.717, 1.165) is 19.4 Å². The molecule has 51 heavy (non-hydrogen) atoms. The molecule has 2 aliphatic heterocycles. The summed E-state index contributed by atoms with van der Waals surface area (Å²) in [6.07, 6.45) is 15.4. The van der Waals surface area contributed by atoms with Crippen molar-refractivity contribution in [2.45, 2.75) is 129 Å². The first-order chi connectivity index (χ1) is 24.2. The van der Waals surface area contributed by atoms with Crippen molar-refractivity contribution in [3.63, 3.8) is 0 Å². The minimum absolute atomic E-state index is 0. The van der Waals surface area contributed by atoms with Crippen molar-refractivity contribution in [2.75, 3.05) is 66.3 Å². The van der Waals surface area contributed by atoms with Gasteiger partial charge in [-0.15, -0.1) is 0 Å². The molecule has 2 saturated heterocycles. The topological polar surface area (TPSA) is 162 Å². The molecule has 5 atom stereocenters. The summed E-state index contributed by atoms with van der Waals surface area (Å²) in [5, 5.41) is 5.11. The second-order valence-corrected chi connectivity index (χ2v) is 14.0. The minimum atomic E-state index is -0.741. The number of hydrogen-bond donors (Lipinski definition) is 3. The number of nitrogens with one attached hydrogen (secondary N) is 2. The molecule has 4 fully saturated rings.